The first-order valence-electron chi connectivity index (χ1n) is 6.74. The first kappa shape index (κ1) is 12.0. The van der Waals surface area contributed by atoms with Crippen molar-refractivity contribution in [3.63, 3.8) is 0 Å². The monoisotopic (exact) mass is 261 g/mol. The van der Waals surface area contributed by atoms with E-state index in [1.165, 1.54) is 24.1 Å². The number of fused-ring (bicyclic) bond motifs is 1. The summed E-state index contributed by atoms with van der Waals surface area (Å²) in [5.74, 6) is 1.06. The van der Waals surface area contributed by atoms with Crippen LogP contribution in [0.15, 0.2) is 28.9 Å². The van der Waals surface area contributed by atoms with Crippen molar-refractivity contribution in [1.29, 1.82) is 0 Å². The molecule has 1 N–H and O–H groups in total. The molecule has 0 aromatic carbocycles. The molecule has 2 aromatic rings. The van der Waals surface area contributed by atoms with Crippen LogP contribution in [0, 0.1) is 0 Å². The van der Waals surface area contributed by atoms with Crippen molar-refractivity contribution in [2.75, 3.05) is 6.54 Å². The topological polar surface area (TPSA) is 25.2 Å². The summed E-state index contributed by atoms with van der Waals surface area (Å²) in [6, 6.07) is 6.83. The second-order valence-corrected chi connectivity index (χ2v) is 6.01. The first-order valence-corrected chi connectivity index (χ1v) is 7.55. The number of nitrogens with one attached hydrogen (secondary N) is 1. The number of aryl methyl sites for hydroxylation is 2. The lowest BCUT2D eigenvalue weighted by Gasteiger charge is -2.15. The molecule has 0 radical (unpaired) electrons. The van der Waals surface area contributed by atoms with Crippen LogP contribution in [0.5, 0.6) is 0 Å². The van der Waals surface area contributed by atoms with E-state index >= 15 is 0 Å². The van der Waals surface area contributed by atoms with E-state index in [1.807, 2.05) is 17.4 Å². The Kier molecular flexibility index (Phi) is 3.52. The van der Waals surface area contributed by atoms with E-state index in [9.17, 15) is 0 Å². The maximum atomic E-state index is 5.47. The molecule has 0 aliphatic heterocycles. The molecule has 0 bridgehead atoms. The van der Waals surface area contributed by atoms with E-state index in [1.54, 1.807) is 16.7 Å². The zero-order chi connectivity index (χ0) is 12.4. The maximum Gasteiger partial charge on any atom is 0.105 e. The number of likely N-dealkylation sites (N-methyl/N-ethyl adjacent to an activating group) is 1. The van der Waals surface area contributed by atoms with E-state index in [4.69, 9.17) is 4.42 Å². The van der Waals surface area contributed by atoms with Gasteiger partial charge < -0.3 is 9.73 Å². The van der Waals surface area contributed by atoms with Crippen molar-refractivity contribution in [2.24, 2.45) is 0 Å². The van der Waals surface area contributed by atoms with Crippen LogP contribution in [-0.2, 0) is 19.3 Å². The van der Waals surface area contributed by atoms with Gasteiger partial charge in [-0.05, 0) is 49.6 Å². The van der Waals surface area contributed by atoms with E-state index in [0.717, 1.165) is 18.7 Å². The van der Waals surface area contributed by atoms with Gasteiger partial charge in [-0.25, -0.2) is 0 Å². The van der Waals surface area contributed by atoms with Gasteiger partial charge in [-0.3, -0.25) is 0 Å². The van der Waals surface area contributed by atoms with Crippen molar-refractivity contribution in [3.8, 4) is 0 Å². The molecule has 3 heteroatoms. The lowest BCUT2D eigenvalue weighted by atomic mass is 10.1. The second-order valence-electron chi connectivity index (χ2n) is 4.84. The van der Waals surface area contributed by atoms with Gasteiger partial charge in [-0.1, -0.05) is 6.92 Å². The first-order chi connectivity index (χ1) is 8.86. The summed E-state index contributed by atoms with van der Waals surface area (Å²) in [6.45, 7) is 3.16. The van der Waals surface area contributed by atoms with Gasteiger partial charge in [0.1, 0.15) is 5.76 Å². The highest BCUT2D eigenvalue weighted by atomic mass is 32.1. The molecule has 0 amide bonds. The molecule has 0 saturated heterocycles. The lowest BCUT2D eigenvalue weighted by molar-refractivity contribution is 0.458. The Morgan fingerprint density at radius 3 is 3.11 bits per heavy atom. The predicted octanol–water partition coefficient (Wildman–Crippen LogP) is 3.72. The molecular weight excluding hydrogens is 242 g/mol. The third-order valence-corrected chi connectivity index (χ3v) is 4.90. The molecule has 96 valence electrons. The Bertz CT molecular complexity index is 479. The fourth-order valence-corrected chi connectivity index (χ4v) is 4.01. The molecule has 1 aliphatic rings. The summed E-state index contributed by atoms with van der Waals surface area (Å²) >= 11 is 1.99. The normalized spacial score (nSPS) is 15.8. The fourth-order valence-electron chi connectivity index (χ4n) is 2.67. The zero-order valence-corrected chi connectivity index (χ0v) is 11.6. The number of thiophene rings is 1. The van der Waals surface area contributed by atoms with Crippen molar-refractivity contribution < 1.29 is 4.42 Å². The zero-order valence-electron chi connectivity index (χ0n) is 10.7. The van der Waals surface area contributed by atoms with Gasteiger partial charge >= 0.3 is 0 Å². The molecule has 18 heavy (non-hydrogen) atoms. The second kappa shape index (κ2) is 5.29. The van der Waals surface area contributed by atoms with Gasteiger partial charge in [0.15, 0.2) is 0 Å². The minimum absolute atomic E-state index is 0.400. The minimum Gasteiger partial charge on any atom is -0.469 e. The summed E-state index contributed by atoms with van der Waals surface area (Å²) in [5.41, 5.74) is 1.58. The predicted molar refractivity (Wildman–Crippen MR) is 75.2 cm³/mol. The van der Waals surface area contributed by atoms with E-state index in [2.05, 4.69) is 24.4 Å². The van der Waals surface area contributed by atoms with Gasteiger partial charge in [0.2, 0.25) is 0 Å². The van der Waals surface area contributed by atoms with Gasteiger partial charge in [0.25, 0.3) is 0 Å². The van der Waals surface area contributed by atoms with Gasteiger partial charge in [-0.2, -0.15) is 0 Å². The van der Waals surface area contributed by atoms with Crippen LogP contribution in [0.4, 0.5) is 0 Å². The van der Waals surface area contributed by atoms with Crippen molar-refractivity contribution in [3.05, 3.63) is 45.5 Å². The van der Waals surface area contributed by atoms with Crippen LogP contribution in [0.1, 0.15) is 40.5 Å². The summed E-state index contributed by atoms with van der Waals surface area (Å²) in [5, 5.41) is 3.58. The minimum atomic E-state index is 0.400. The highest BCUT2D eigenvalue weighted by molar-refractivity contribution is 7.12. The molecule has 0 saturated carbocycles. The number of hydrogen-bond acceptors (Lipinski definition) is 3. The Balaban J connectivity index is 1.79. The Hall–Kier alpha value is -1.06. The molecule has 2 aromatic heterocycles. The van der Waals surface area contributed by atoms with Crippen molar-refractivity contribution in [1.82, 2.24) is 5.32 Å². The molecule has 1 atom stereocenters. The third-order valence-electron chi connectivity index (χ3n) is 3.55. The maximum absolute atomic E-state index is 5.47. The summed E-state index contributed by atoms with van der Waals surface area (Å²) in [4.78, 5) is 3.07. The number of rotatable bonds is 5. The van der Waals surface area contributed by atoms with Crippen LogP contribution in [0.2, 0.25) is 0 Å². The third kappa shape index (κ3) is 2.38. The molecule has 1 unspecified atom stereocenters. The average Bonchev–Trinajstić information content (AvgIpc) is 3.04. The van der Waals surface area contributed by atoms with E-state index in [0.29, 0.717) is 6.04 Å². The molecule has 2 nitrogen and oxygen atoms in total. The molecule has 0 spiro atoms. The summed E-state index contributed by atoms with van der Waals surface area (Å²) < 4.78 is 5.47. The number of hydrogen-bond donors (Lipinski definition) is 1. The van der Waals surface area contributed by atoms with E-state index < -0.39 is 0 Å². The SMILES string of the molecule is CCNC(Cc1ccco1)c1cc2c(s1)CCC2. The molecule has 0 fully saturated rings. The lowest BCUT2D eigenvalue weighted by Crippen LogP contribution is -2.21. The van der Waals surface area contributed by atoms with Gasteiger partial charge in [0.05, 0.1) is 6.26 Å². The van der Waals surface area contributed by atoms with Gasteiger partial charge in [-0.15, -0.1) is 11.3 Å². The van der Waals surface area contributed by atoms with Crippen LogP contribution in [-0.4, -0.2) is 6.54 Å². The molecular formula is C15H19NOS. The molecule has 3 rings (SSSR count). The molecule has 1 aliphatic carbocycles. The van der Waals surface area contributed by atoms with Crippen molar-refractivity contribution >= 4 is 11.3 Å². The standard InChI is InChI=1S/C15H19NOS/c1-2-16-13(10-12-6-4-8-17-12)15-9-11-5-3-7-14(11)18-15/h4,6,8-9,13,16H,2-3,5,7,10H2,1H3. The van der Waals surface area contributed by atoms with Crippen LogP contribution in [0.25, 0.3) is 0 Å². The smallest absolute Gasteiger partial charge is 0.105 e. The van der Waals surface area contributed by atoms with E-state index in [-0.39, 0.29) is 0 Å². The van der Waals surface area contributed by atoms with Gasteiger partial charge in [0, 0.05) is 22.2 Å². The Morgan fingerprint density at radius 1 is 1.44 bits per heavy atom. The number of furan rings is 1. The Morgan fingerprint density at radius 2 is 2.39 bits per heavy atom. The van der Waals surface area contributed by atoms with Crippen molar-refractivity contribution in [2.45, 2.75) is 38.6 Å². The fraction of sp³-hybridized carbons (Fsp3) is 0.467. The van der Waals surface area contributed by atoms with Crippen LogP contribution >= 0.6 is 11.3 Å². The summed E-state index contributed by atoms with van der Waals surface area (Å²) in [6.07, 6.45) is 6.59. The summed E-state index contributed by atoms with van der Waals surface area (Å²) in [7, 11) is 0. The highest BCUT2D eigenvalue weighted by Crippen LogP contribution is 2.34. The largest absolute Gasteiger partial charge is 0.469 e. The Labute approximate surface area is 112 Å². The molecule has 2 heterocycles. The quantitative estimate of drug-likeness (QED) is 0.887. The van der Waals surface area contributed by atoms with Crippen LogP contribution in [0.3, 0.4) is 0 Å². The average molecular weight is 261 g/mol. The van der Waals surface area contributed by atoms with Crippen LogP contribution < -0.4 is 5.32 Å². The highest BCUT2D eigenvalue weighted by Gasteiger charge is 2.20.